The molecule has 2 aromatic carbocycles. The number of methoxy groups -OCH3 is 2. The van der Waals surface area contributed by atoms with Crippen molar-refractivity contribution < 1.29 is 9.47 Å². The van der Waals surface area contributed by atoms with Crippen molar-refractivity contribution in [3.63, 3.8) is 0 Å². The summed E-state index contributed by atoms with van der Waals surface area (Å²) in [6.07, 6.45) is 0. The molecule has 1 N–H and O–H groups in total. The van der Waals surface area contributed by atoms with Crippen molar-refractivity contribution in [1.29, 1.82) is 0 Å². The first-order valence-electron chi connectivity index (χ1n) is 6.44. The molecule has 0 saturated heterocycles. The summed E-state index contributed by atoms with van der Waals surface area (Å²) < 4.78 is 10.9. The lowest BCUT2D eigenvalue weighted by Crippen LogP contribution is -2.19. The summed E-state index contributed by atoms with van der Waals surface area (Å²) in [5, 5.41) is 4.44. The van der Waals surface area contributed by atoms with Crippen LogP contribution in [0.2, 0.25) is 10.0 Å². The fraction of sp³-hybridized carbons (Fsp3) is 0.250. The Kier molecular flexibility index (Phi) is 5.34. The van der Waals surface area contributed by atoms with Crippen LogP contribution in [-0.2, 0) is 0 Å². The van der Waals surface area contributed by atoms with Crippen LogP contribution in [0.5, 0.6) is 11.5 Å². The molecule has 0 amide bonds. The molecule has 0 spiro atoms. The zero-order valence-electron chi connectivity index (χ0n) is 12.1. The van der Waals surface area contributed by atoms with Gasteiger partial charge < -0.3 is 14.8 Å². The molecule has 112 valence electrons. The van der Waals surface area contributed by atoms with E-state index in [1.165, 1.54) is 0 Å². The van der Waals surface area contributed by atoms with E-state index in [1.54, 1.807) is 20.3 Å². The molecule has 0 saturated carbocycles. The van der Waals surface area contributed by atoms with Crippen molar-refractivity contribution in [3.05, 3.63) is 57.6 Å². The Hall–Kier alpha value is -1.42. The van der Waals surface area contributed by atoms with E-state index in [2.05, 4.69) is 5.32 Å². The maximum absolute atomic E-state index is 6.11. The van der Waals surface area contributed by atoms with Crippen molar-refractivity contribution in [2.24, 2.45) is 0 Å². The zero-order valence-corrected chi connectivity index (χ0v) is 13.6. The highest BCUT2D eigenvalue weighted by molar-refractivity contribution is 6.34. The minimum absolute atomic E-state index is 0.146. The number of benzene rings is 2. The van der Waals surface area contributed by atoms with E-state index in [0.717, 1.165) is 22.6 Å². The van der Waals surface area contributed by atoms with Gasteiger partial charge in [-0.1, -0.05) is 29.3 Å². The molecular formula is C16H17Cl2NO2. The van der Waals surface area contributed by atoms with E-state index >= 15 is 0 Å². The minimum Gasteiger partial charge on any atom is -0.496 e. The average Bonchev–Trinajstić information content (AvgIpc) is 2.47. The number of rotatable bonds is 5. The second-order valence-corrected chi connectivity index (χ2v) is 5.37. The number of nitrogens with one attached hydrogen (secondary N) is 1. The minimum atomic E-state index is -0.146. The van der Waals surface area contributed by atoms with Gasteiger partial charge in [-0.05, 0) is 42.9 Å². The summed E-state index contributed by atoms with van der Waals surface area (Å²) in [5.74, 6) is 1.48. The second kappa shape index (κ2) is 7.03. The molecule has 3 nitrogen and oxygen atoms in total. The first-order chi connectivity index (χ1) is 10.1. The second-order valence-electron chi connectivity index (χ2n) is 4.50. The third kappa shape index (κ3) is 3.43. The van der Waals surface area contributed by atoms with Gasteiger partial charge in [0.15, 0.2) is 0 Å². The third-order valence-corrected chi connectivity index (χ3v) is 3.70. The molecule has 0 aromatic heterocycles. The van der Waals surface area contributed by atoms with E-state index in [1.807, 2.05) is 37.4 Å². The van der Waals surface area contributed by atoms with Gasteiger partial charge >= 0.3 is 0 Å². The Morgan fingerprint density at radius 3 is 1.90 bits per heavy atom. The molecule has 0 radical (unpaired) electrons. The molecule has 1 atom stereocenters. The average molecular weight is 326 g/mol. The van der Waals surface area contributed by atoms with Gasteiger partial charge in [0.25, 0.3) is 0 Å². The maximum atomic E-state index is 6.11. The van der Waals surface area contributed by atoms with Gasteiger partial charge in [-0.2, -0.15) is 0 Å². The lowest BCUT2D eigenvalue weighted by molar-refractivity contribution is 0.379. The Labute approximate surface area is 134 Å². The van der Waals surface area contributed by atoms with Gasteiger partial charge in [0, 0.05) is 10.0 Å². The molecule has 0 aliphatic rings. The maximum Gasteiger partial charge on any atom is 0.127 e. The number of hydrogen-bond acceptors (Lipinski definition) is 3. The van der Waals surface area contributed by atoms with Crippen molar-refractivity contribution >= 4 is 23.2 Å². The summed E-state index contributed by atoms with van der Waals surface area (Å²) in [4.78, 5) is 0. The summed E-state index contributed by atoms with van der Waals surface area (Å²) in [7, 11) is 5.14. The Morgan fingerprint density at radius 1 is 0.952 bits per heavy atom. The Bertz CT molecular complexity index is 589. The predicted octanol–water partition coefficient (Wildman–Crippen LogP) is 4.32. The highest BCUT2D eigenvalue weighted by Crippen LogP contribution is 2.38. The largest absolute Gasteiger partial charge is 0.496 e. The standard InChI is InChI=1S/C16H17Cl2NO2/c1-19-16(10-7-11(17)9-12(18)8-10)15-13(20-2)5-4-6-14(15)21-3/h4-9,16,19H,1-3H3. The molecule has 0 aliphatic heterocycles. The smallest absolute Gasteiger partial charge is 0.127 e. The van der Waals surface area contributed by atoms with Crippen LogP contribution in [0.4, 0.5) is 0 Å². The Balaban J connectivity index is 2.60. The third-order valence-electron chi connectivity index (χ3n) is 3.26. The highest BCUT2D eigenvalue weighted by atomic mass is 35.5. The van der Waals surface area contributed by atoms with Crippen LogP contribution in [0.3, 0.4) is 0 Å². The molecule has 0 bridgehead atoms. The Morgan fingerprint density at radius 2 is 1.48 bits per heavy atom. The van der Waals surface area contributed by atoms with E-state index < -0.39 is 0 Å². The topological polar surface area (TPSA) is 30.5 Å². The summed E-state index contributed by atoms with van der Waals surface area (Å²) in [6, 6.07) is 11.0. The molecule has 0 fully saturated rings. The van der Waals surface area contributed by atoms with E-state index in [0.29, 0.717) is 10.0 Å². The normalized spacial score (nSPS) is 12.0. The van der Waals surface area contributed by atoms with Crippen molar-refractivity contribution in [2.75, 3.05) is 21.3 Å². The van der Waals surface area contributed by atoms with Gasteiger partial charge in [0.1, 0.15) is 11.5 Å². The first-order valence-corrected chi connectivity index (χ1v) is 7.20. The van der Waals surface area contributed by atoms with E-state index in [-0.39, 0.29) is 6.04 Å². The van der Waals surface area contributed by atoms with Gasteiger partial charge in [-0.15, -0.1) is 0 Å². The van der Waals surface area contributed by atoms with Crippen molar-refractivity contribution in [1.82, 2.24) is 5.32 Å². The monoisotopic (exact) mass is 325 g/mol. The lowest BCUT2D eigenvalue weighted by atomic mass is 9.97. The molecule has 0 aliphatic carbocycles. The van der Waals surface area contributed by atoms with Crippen LogP contribution in [0.1, 0.15) is 17.2 Å². The molecular weight excluding hydrogens is 309 g/mol. The van der Waals surface area contributed by atoms with Crippen LogP contribution in [0, 0.1) is 0 Å². The molecule has 2 rings (SSSR count). The molecule has 0 heterocycles. The van der Waals surface area contributed by atoms with E-state index in [9.17, 15) is 0 Å². The van der Waals surface area contributed by atoms with Gasteiger partial charge in [-0.25, -0.2) is 0 Å². The zero-order chi connectivity index (χ0) is 15.4. The molecule has 21 heavy (non-hydrogen) atoms. The molecule has 5 heteroatoms. The SMILES string of the molecule is CNC(c1cc(Cl)cc(Cl)c1)c1c(OC)cccc1OC. The first kappa shape index (κ1) is 16.0. The van der Waals surface area contributed by atoms with Crippen LogP contribution in [0.25, 0.3) is 0 Å². The fourth-order valence-electron chi connectivity index (χ4n) is 2.38. The molecule has 2 aromatic rings. The number of hydrogen-bond donors (Lipinski definition) is 1. The van der Waals surface area contributed by atoms with E-state index in [4.69, 9.17) is 32.7 Å². The summed E-state index contributed by atoms with van der Waals surface area (Å²) in [6.45, 7) is 0. The van der Waals surface area contributed by atoms with Crippen LogP contribution < -0.4 is 14.8 Å². The van der Waals surface area contributed by atoms with Crippen molar-refractivity contribution in [3.8, 4) is 11.5 Å². The quantitative estimate of drug-likeness (QED) is 0.888. The highest BCUT2D eigenvalue weighted by Gasteiger charge is 2.21. The number of halogens is 2. The molecule has 1 unspecified atom stereocenters. The van der Waals surface area contributed by atoms with Gasteiger partial charge in [-0.3, -0.25) is 0 Å². The summed E-state index contributed by atoms with van der Waals surface area (Å²) >= 11 is 12.2. The number of ether oxygens (including phenoxy) is 2. The van der Waals surface area contributed by atoms with Crippen LogP contribution in [0.15, 0.2) is 36.4 Å². The van der Waals surface area contributed by atoms with Gasteiger partial charge in [0.2, 0.25) is 0 Å². The predicted molar refractivity (Wildman–Crippen MR) is 86.9 cm³/mol. The lowest BCUT2D eigenvalue weighted by Gasteiger charge is -2.22. The van der Waals surface area contributed by atoms with Crippen LogP contribution >= 0.6 is 23.2 Å². The van der Waals surface area contributed by atoms with Crippen molar-refractivity contribution in [2.45, 2.75) is 6.04 Å². The fourth-order valence-corrected chi connectivity index (χ4v) is 2.93. The van der Waals surface area contributed by atoms with Crippen LogP contribution in [-0.4, -0.2) is 21.3 Å². The van der Waals surface area contributed by atoms with Gasteiger partial charge in [0.05, 0.1) is 25.8 Å². The summed E-state index contributed by atoms with van der Waals surface area (Å²) in [5.41, 5.74) is 1.85.